The lowest BCUT2D eigenvalue weighted by Gasteiger charge is -2.07. The van der Waals surface area contributed by atoms with Crippen LogP contribution in [0.25, 0.3) is 0 Å². The predicted molar refractivity (Wildman–Crippen MR) is 102 cm³/mol. The number of ether oxygens (including phenoxy) is 1. The quantitative estimate of drug-likeness (QED) is 0.539. The van der Waals surface area contributed by atoms with Crippen molar-refractivity contribution in [1.29, 1.82) is 0 Å². The van der Waals surface area contributed by atoms with Crippen molar-refractivity contribution in [2.75, 3.05) is 13.2 Å². The molecular weight excluding hydrogens is 401 g/mol. The molecule has 0 aliphatic carbocycles. The fraction of sp³-hybridized carbons (Fsp3) is 0.118. The van der Waals surface area contributed by atoms with E-state index < -0.39 is 11.8 Å². The molecule has 0 heterocycles. The molecule has 0 bridgehead atoms. The molecule has 136 valence electrons. The van der Waals surface area contributed by atoms with Gasteiger partial charge in [0.2, 0.25) is 0 Å². The Kier molecular flexibility index (Phi) is 7.72. The maximum absolute atomic E-state index is 11.7. The zero-order chi connectivity index (χ0) is 18.9. The Morgan fingerprint density at radius 2 is 1.77 bits per heavy atom. The molecule has 0 saturated heterocycles. The molecule has 0 fully saturated rings. The zero-order valence-corrected chi connectivity index (χ0v) is 15.6. The molecule has 2 aromatic carbocycles. The minimum atomic E-state index is -0.501. The first kappa shape index (κ1) is 20.0. The summed E-state index contributed by atoms with van der Waals surface area (Å²) in [6, 6.07) is 11.6. The third-order valence-corrected chi connectivity index (χ3v) is 4.09. The van der Waals surface area contributed by atoms with E-state index in [2.05, 4.69) is 15.8 Å². The lowest BCUT2D eigenvalue weighted by Crippen LogP contribution is -2.37. The first-order valence-electron chi connectivity index (χ1n) is 7.36. The predicted octanol–water partition coefficient (Wildman–Crippen LogP) is 3.29. The summed E-state index contributed by atoms with van der Waals surface area (Å²) in [5.74, 6) is -0.451. The smallest absolute Gasteiger partial charge is 0.259 e. The number of nitrogens with zero attached hydrogens (tertiary/aromatic N) is 1. The summed E-state index contributed by atoms with van der Waals surface area (Å²) >= 11 is 17.6. The van der Waals surface area contributed by atoms with Gasteiger partial charge in [0.1, 0.15) is 5.75 Å². The second-order valence-corrected chi connectivity index (χ2v) is 6.18. The Balaban J connectivity index is 1.70. The second-order valence-electron chi connectivity index (χ2n) is 4.96. The van der Waals surface area contributed by atoms with Crippen molar-refractivity contribution < 1.29 is 14.3 Å². The van der Waals surface area contributed by atoms with Crippen LogP contribution in [-0.2, 0) is 9.59 Å². The van der Waals surface area contributed by atoms with Gasteiger partial charge in [0, 0.05) is 10.6 Å². The van der Waals surface area contributed by atoms with Crippen LogP contribution in [0.3, 0.4) is 0 Å². The number of carbonyl (C=O) groups is 2. The Morgan fingerprint density at radius 3 is 2.50 bits per heavy atom. The molecule has 0 atom stereocenters. The number of rotatable bonds is 7. The molecule has 0 radical (unpaired) electrons. The van der Waals surface area contributed by atoms with Gasteiger partial charge in [-0.1, -0.05) is 46.9 Å². The lowest BCUT2D eigenvalue weighted by molar-refractivity contribution is -0.127. The van der Waals surface area contributed by atoms with Gasteiger partial charge in [0.15, 0.2) is 6.61 Å². The maximum atomic E-state index is 11.7. The molecule has 9 heteroatoms. The summed E-state index contributed by atoms with van der Waals surface area (Å²) in [7, 11) is 0. The van der Waals surface area contributed by atoms with E-state index in [-0.39, 0.29) is 13.2 Å². The van der Waals surface area contributed by atoms with Gasteiger partial charge >= 0.3 is 0 Å². The Hall–Kier alpha value is -2.28. The zero-order valence-electron chi connectivity index (χ0n) is 13.3. The van der Waals surface area contributed by atoms with E-state index in [1.54, 1.807) is 42.5 Å². The van der Waals surface area contributed by atoms with Gasteiger partial charge in [-0.3, -0.25) is 9.59 Å². The average Bonchev–Trinajstić information content (AvgIpc) is 2.63. The van der Waals surface area contributed by atoms with E-state index in [1.165, 1.54) is 6.21 Å². The number of amides is 2. The van der Waals surface area contributed by atoms with Gasteiger partial charge in [-0.2, -0.15) is 5.10 Å². The van der Waals surface area contributed by atoms with Gasteiger partial charge in [-0.05, 0) is 30.3 Å². The van der Waals surface area contributed by atoms with Crippen LogP contribution in [-0.4, -0.2) is 31.2 Å². The van der Waals surface area contributed by atoms with Crippen LogP contribution in [0.4, 0.5) is 0 Å². The molecule has 6 nitrogen and oxygen atoms in total. The number of carbonyl (C=O) groups excluding carboxylic acids is 2. The van der Waals surface area contributed by atoms with Gasteiger partial charge in [-0.25, -0.2) is 5.43 Å². The number of hydrogen-bond acceptors (Lipinski definition) is 4. The van der Waals surface area contributed by atoms with E-state index in [0.717, 1.165) is 0 Å². The van der Waals surface area contributed by atoms with Crippen LogP contribution in [0.2, 0.25) is 15.1 Å². The highest BCUT2D eigenvalue weighted by Crippen LogP contribution is 2.24. The Morgan fingerprint density at radius 1 is 1.04 bits per heavy atom. The molecule has 0 aromatic heterocycles. The molecule has 2 rings (SSSR count). The number of hydrazone groups is 1. The average molecular weight is 415 g/mol. The third kappa shape index (κ3) is 6.55. The molecule has 2 aromatic rings. The first-order chi connectivity index (χ1) is 12.5. The van der Waals surface area contributed by atoms with Crippen molar-refractivity contribution in [1.82, 2.24) is 10.7 Å². The van der Waals surface area contributed by atoms with Crippen LogP contribution < -0.4 is 15.5 Å². The van der Waals surface area contributed by atoms with Crippen LogP contribution in [0.1, 0.15) is 5.56 Å². The first-order valence-corrected chi connectivity index (χ1v) is 8.50. The van der Waals surface area contributed by atoms with Crippen molar-refractivity contribution in [3.05, 3.63) is 63.1 Å². The molecular formula is C17H14Cl3N3O3. The largest absolute Gasteiger partial charge is 0.484 e. The van der Waals surface area contributed by atoms with E-state index in [1.807, 2.05) is 0 Å². The summed E-state index contributed by atoms with van der Waals surface area (Å²) in [5, 5.41) is 7.46. The fourth-order valence-electron chi connectivity index (χ4n) is 1.74. The van der Waals surface area contributed by atoms with Gasteiger partial charge in [0.05, 0.1) is 22.8 Å². The van der Waals surface area contributed by atoms with Crippen molar-refractivity contribution in [2.24, 2.45) is 5.10 Å². The summed E-state index contributed by atoms with van der Waals surface area (Å²) < 4.78 is 5.26. The SMILES string of the molecule is O=C(COc1ccc(Cl)cc1)NCC(=O)N/N=C\c1cccc(Cl)c1Cl. The summed E-state index contributed by atoms with van der Waals surface area (Å²) in [4.78, 5) is 23.3. The van der Waals surface area contributed by atoms with E-state index in [4.69, 9.17) is 39.5 Å². The number of benzene rings is 2. The topological polar surface area (TPSA) is 79.8 Å². The van der Waals surface area contributed by atoms with Crippen LogP contribution in [0.5, 0.6) is 5.75 Å². The van der Waals surface area contributed by atoms with Crippen LogP contribution in [0, 0.1) is 0 Å². The standard InChI is InChI=1S/C17H14Cl3N3O3/c18-12-4-6-13(7-5-12)26-10-16(25)21-9-15(24)23-22-8-11-2-1-3-14(19)17(11)20/h1-8H,9-10H2,(H,21,25)(H,23,24)/b22-8-. The van der Waals surface area contributed by atoms with Gasteiger partial charge < -0.3 is 10.1 Å². The maximum Gasteiger partial charge on any atom is 0.259 e. The second kappa shape index (κ2) is 10.0. The Labute approximate surface area is 165 Å². The summed E-state index contributed by atoms with van der Waals surface area (Å²) in [6.45, 7) is -0.472. The Bertz CT molecular complexity index is 811. The molecule has 2 N–H and O–H groups in total. The van der Waals surface area contributed by atoms with Gasteiger partial charge in [-0.15, -0.1) is 0 Å². The van der Waals surface area contributed by atoms with E-state index in [9.17, 15) is 9.59 Å². The summed E-state index contributed by atoms with van der Waals surface area (Å²) in [5.41, 5.74) is 2.83. The van der Waals surface area contributed by atoms with Crippen molar-refractivity contribution in [3.8, 4) is 5.75 Å². The number of hydrogen-bond donors (Lipinski definition) is 2. The van der Waals surface area contributed by atoms with Crippen LogP contribution >= 0.6 is 34.8 Å². The molecule has 26 heavy (non-hydrogen) atoms. The number of nitrogens with one attached hydrogen (secondary N) is 2. The monoisotopic (exact) mass is 413 g/mol. The van der Waals surface area contributed by atoms with Crippen molar-refractivity contribution >= 4 is 52.8 Å². The highest BCUT2D eigenvalue weighted by molar-refractivity contribution is 6.43. The summed E-state index contributed by atoms with van der Waals surface area (Å²) in [6.07, 6.45) is 1.36. The lowest BCUT2D eigenvalue weighted by atomic mass is 10.2. The van der Waals surface area contributed by atoms with E-state index >= 15 is 0 Å². The highest BCUT2D eigenvalue weighted by atomic mass is 35.5. The molecule has 0 unspecified atom stereocenters. The molecule has 0 aliphatic rings. The highest BCUT2D eigenvalue weighted by Gasteiger charge is 2.06. The van der Waals surface area contributed by atoms with Crippen LogP contribution in [0.15, 0.2) is 47.6 Å². The fourth-order valence-corrected chi connectivity index (χ4v) is 2.23. The molecule has 2 amide bonds. The normalized spacial score (nSPS) is 10.6. The van der Waals surface area contributed by atoms with E-state index in [0.29, 0.717) is 26.4 Å². The van der Waals surface area contributed by atoms with Crippen molar-refractivity contribution in [2.45, 2.75) is 0 Å². The molecule has 0 saturated carbocycles. The minimum Gasteiger partial charge on any atom is -0.484 e. The van der Waals surface area contributed by atoms with Gasteiger partial charge in [0.25, 0.3) is 11.8 Å². The molecule has 0 aliphatic heterocycles. The third-order valence-electron chi connectivity index (χ3n) is 3.00. The minimum absolute atomic E-state index is 0.226. The molecule has 0 spiro atoms. The van der Waals surface area contributed by atoms with Crippen molar-refractivity contribution in [3.63, 3.8) is 0 Å². The number of halogens is 3.